The number of nitrogens with two attached hydrogens (primary N) is 1. The molecule has 1 aromatic carbocycles. The van der Waals surface area contributed by atoms with Gasteiger partial charge in [-0.15, -0.1) is 0 Å². The van der Waals surface area contributed by atoms with Crippen molar-refractivity contribution in [3.8, 4) is 0 Å². The smallest absolute Gasteiger partial charge is 0.238 e. The first-order valence-corrected chi connectivity index (χ1v) is 6.08. The molecule has 0 aliphatic heterocycles. The zero-order valence-corrected chi connectivity index (χ0v) is 10.5. The minimum absolute atomic E-state index is 0.00403. The van der Waals surface area contributed by atoms with Crippen molar-refractivity contribution >= 4 is 34.8 Å². The number of carbonyl (C=O) groups excluding carboxylic acids is 2. The van der Waals surface area contributed by atoms with E-state index in [-0.39, 0.29) is 24.3 Å². The maximum Gasteiger partial charge on any atom is 0.238 e. The van der Waals surface area contributed by atoms with Gasteiger partial charge in [0, 0.05) is 11.6 Å². The van der Waals surface area contributed by atoms with Crippen LogP contribution in [0.3, 0.4) is 0 Å². The molecule has 0 atom stereocenters. The normalized spacial score (nSPS) is 14.1. The molecule has 1 fully saturated rings. The van der Waals surface area contributed by atoms with Gasteiger partial charge in [-0.3, -0.25) is 9.59 Å². The Bertz CT molecular complexity index is 486. The second-order valence-corrected chi connectivity index (χ2v) is 4.62. The Kier molecular flexibility index (Phi) is 3.84. The maximum atomic E-state index is 11.6. The SMILES string of the molecule is NCC(=O)Nc1ccc(NC(=O)C2CC2)c(Cl)c1. The Balaban J connectivity index is 2.04. The van der Waals surface area contributed by atoms with Gasteiger partial charge in [-0.1, -0.05) is 11.6 Å². The molecule has 0 bridgehead atoms. The van der Waals surface area contributed by atoms with Crippen molar-refractivity contribution in [2.75, 3.05) is 17.2 Å². The standard InChI is InChI=1S/C12H14ClN3O2/c13-9-5-8(15-11(17)6-14)3-4-10(9)16-12(18)7-1-2-7/h3-5,7H,1-2,6,14H2,(H,15,17)(H,16,18). The molecular formula is C12H14ClN3O2. The van der Waals surface area contributed by atoms with Crippen molar-refractivity contribution in [2.24, 2.45) is 11.7 Å². The molecular weight excluding hydrogens is 254 g/mol. The zero-order chi connectivity index (χ0) is 13.1. The van der Waals surface area contributed by atoms with Gasteiger partial charge in [-0.05, 0) is 31.0 Å². The number of amides is 2. The Morgan fingerprint density at radius 2 is 2.06 bits per heavy atom. The highest BCUT2D eigenvalue weighted by molar-refractivity contribution is 6.34. The van der Waals surface area contributed by atoms with E-state index in [4.69, 9.17) is 17.3 Å². The summed E-state index contributed by atoms with van der Waals surface area (Å²) in [6, 6.07) is 4.91. The quantitative estimate of drug-likeness (QED) is 0.774. The Hall–Kier alpha value is -1.59. The summed E-state index contributed by atoms with van der Waals surface area (Å²) in [7, 11) is 0. The molecule has 0 aromatic heterocycles. The summed E-state index contributed by atoms with van der Waals surface area (Å²) < 4.78 is 0. The topological polar surface area (TPSA) is 84.2 Å². The van der Waals surface area contributed by atoms with Gasteiger partial charge in [0.25, 0.3) is 0 Å². The van der Waals surface area contributed by atoms with Crippen molar-refractivity contribution in [2.45, 2.75) is 12.8 Å². The third-order valence-corrected chi connectivity index (χ3v) is 2.96. The number of benzene rings is 1. The van der Waals surface area contributed by atoms with E-state index < -0.39 is 0 Å². The lowest BCUT2D eigenvalue weighted by Gasteiger charge is -2.09. The average Bonchev–Trinajstić information content (AvgIpc) is 3.16. The van der Waals surface area contributed by atoms with E-state index in [1.807, 2.05) is 0 Å². The molecule has 0 heterocycles. The van der Waals surface area contributed by atoms with E-state index >= 15 is 0 Å². The van der Waals surface area contributed by atoms with Gasteiger partial charge in [0.05, 0.1) is 17.3 Å². The summed E-state index contributed by atoms with van der Waals surface area (Å²) in [5.74, 6) is -0.172. The van der Waals surface area contributed by atoms with Crippen molar-refractivity contribution in [3.63, 3.8) is 0 Å². The van der Waals surface area contributed by atoms with Crippen LogP contribution in [-0.4, -0.2) is 18.4 Å². The molecule has 0 spiro atoms. The Morgan fingerprint density at radius 3 is 2.61 bits per heavy atom. The van der Waals surface area contributed by atoms with Gasteiger partial charge < -0.3 is 16.4 Å². The first-order valence-electron chi connectivity index (χ1n) is 5.70. The monoisotopic (exact) mass is 267 g/mol. The molecule has 0 radical (unpaired) electrons. The van der Waals surface area contributed by atoms with E-state index in [0.29, 0.717) is 16.4 Å². The molecule has 18 heavy (non-hydrogen) atoms. The lowest BCUT2D eigenvalue weighted by atomic mass is 10.2. The lowest BCUT2D eigenvalue weighted by Crippen LogP contribution is -2.21. The van der Waals surface area contributed by atoms with Crippen LogP contribution in [0.15, 0.2) is 18.2 Å². The van der Waals surface area contributed by atoms with Crippen molar-refractivity contribution in [3.05, 3.63) is 23.2 Å². The molecule has 1 aliphatic rings. The highest BCUT2D eigenvalue weighted by atomic mass is 35.5. The van der Waals surface area contributed by atoms with Crippen molar-refractivity contribution < 1.29 is 9.59 Å². The fourth-order valence-corrected chi connectivity index (χ4v) is 1.71. The molecule has 4 N–H and O–H groups in total. The van der Waals surface area contributed by atoms with Crippen LogP contribution in [0.2, 0.25) is 5.02 Å². The number of hydrogen-bond acceptors (Lipinski definition) is 3. The second-order valence-electron chi connectivity index (χ2n) is 4.21. The van der Waals surface area contributed by atoms with E-state index in [0.717, 1.165) is 12.8 Å². The van der Waals surface area contributed by atoms with E-state index in [2.05, 4.69) is 10.6 Å². The highest BCUT2D eigenvalue weighted by Gasteiger charge is 2.29. The van der Waals surface area contributed by atoms with Gasteiger partial charge >= 0.3 is 0 Å². The van der Waals surface area contributed by atoms with Crippen LogP contribution in [0.5, 0.6) is 0 Å². The molecule has 2 rings (SSSR count). The number of nitrogens with one attached hydrogen (secondary N) is 2. The molecule has 6 heteroatoms. The number of carbonyl (C=O) groups is 2. The number of halogens is 1. The lowest BCUT2D eigenvalue weighted by molar-refractivity contribution is -0.117. The Morgan fingerprint density at radius 1 is 1.33 bits per heavy atom. The van der Waals surface area contributed by atoms with E-state index in [9.17, 15) is 9.59 Å². The fraction of sp³-hybridized carbons (Fsp3) is 0.333. The van der Waals surface area contributed by atoms with Crippen LogP contribution in [0.25, 0.3) is 0 Å². The summed E-state index contributed by atoms with van der Waals surface area (Å²) in [4.78, 5) is 22.7. The highest BCUT2D eigenvalue weighted by Crippen LogP contribution is 2.32. The number of anilines is 2. The molecule has 0 saturated heterocycles. The summed E-state index contributed by atoms with van der Waals surface area (Å²) >= 11 is 6.03. The molecule has 2 amide bonds. The first-order chi connectivity index (χ1) is 8.60. The number of rotatable bonds is 4. The Labute approximate surface area is 110 Å². The van der Waals surface area contributed by atoms with Crippen LogP contribution < -0.4 is 16.4 Å². The third-order valence-electron chi connectivity index (χ3n) is 2.64. The van der Waals surface area contributed by atoms with Crippen LogP contribution in [0, 0.1) is 5.92 Å². The summed E-state index contributed by atoms with van der Waals surface area (Å²) in [6.07, 6.45) is 1.88. The third kappa shape index (κ3) is 3.21. The predicted molar refractivity (Wildman–Crippen MR) is 70.5 cm³/mol. The molecule has 1 saturated carbocycles. The van der Waals surface area contributed by atoms with Crippen LogP contribution in [0.1, 0.15) is 12.8 Å². The minimum atomic E-state index is -0.291. The van der Waals surface area contributed by atoms with Gasteiger partial charge in [0.15, 0.2) is 0 Å². The molecule has 0 unspecified atom stereocenters. The van der Waals surface area contributed by atoms with Crippen LogP contribution in [-0.2, 0) is 9.59 Å². The van der Waals surface area contributed by atoms with Gasteiger partial charge in [0.2, 0.25) is 11.8 Å². The van der Waals surface area contributed by atoms with Crippen LogP contribution in [0.4, 0.5) is 11.4 Å². The van der Waals surface area contributed by atoms with Crippen LogP contribution >= 0.6 is 11.6 Å². The molecule has 1 aliphatic carbocycles. The largest absolute Gasteiger partial charge is 0.325 e. The summed E-state index contributed by atoms with van der Waals surface area (Å²) in [5, 5.41) is 5.73. The molecule has 96 valence electrons. The van der Waals surface area contributed by atoms with Crippen molar-refractivity contribution in [1.82, 2.24) is 0 Å². The molecule has 5 nitrogen and oxygen atoms in total. The predicted octanol–water partition coefficient (Wildman–Crippen LogP) is 1.59. The first kappa shape index (κ1) is 12.9. The zero-order valence-electron chi connectivity index (χ0n) is 9.70. The number of hydrogen-bond donors (Lipinski definition) is 3. The second kappa shape index (κ2) is 5.37. The van der Waals surface area contributed by atoms with E-state index in [1.165, 1.54) is 0 Å². The van der Waals surface area contributed by atoms with Gasteiger partial charge in [-0.25, -0.2) is 0 Å². The fourth-order valence-electron chi connectivity index (χ4n) is 1.49. The average molecular weight is 268 g/mol. The molecule has 1 aromatic rings. The van der Waals surface area contributed by atoms with Gasteiger partial charge in [0.1, 0.15) is 0 Å². The minimum Gasteiger partial charge on any atom is -0.325 e. The summed E-state index contributed by atoms with van der Waals surface area (Å²) in [6.45, 7) is -0.0855. The van der Waals surface area contributed by atoms with Gasteiger partial charge in [-0.2, -0.15) is 0 Å². The van der Waals surface area contributed by atoms with E-state index in [1.54, 1.807) is 18.2 Å². The van der Waals surface area contributed by atoms with Crippen molar-refractivity contribution in [1.29, 1.82) is 0 Å². The maximum absolute atomic E-state index is 11.6. The summed E-state index contributed by atoms with van der Waals surface area (Å²) in [5.41, 5.74) is 6.30.